The zero-order valence-electron chi connectivity index (χ0n) is 16.7. The van der Waals surface area contributed by atoms with Crippen molar-refractivity contribution in [1.29, 1.82) is 0 Å². The minimum atomic E-state index is -0.953. The van der Waals surface area contributed by atoms with Crippen LogP contribution < -0.4 is 10.1 Å². The van der Waals surface area contributed by atoms with E-state index in [1.165, 1.54) is 6.92 Å². The van der Waals surface area contributed by atoms with Gasteiger partial charge in [-0.1, -0.05) is 24.3 Å². The maximum Gasteiger partial charge on any atom is 0.338 e. The van der Waals surface area contributed by atoms with Crippen molar-refractivity contribution in [2.45, 2.75) is 46.5 Å². The molecule has 0 heterocycles. The lowest BCUT2D eigenvalue weighted by molar-refractivity contribution is -0.123. The number of benzene rings is 2. The number of amides is 1. The van der Waals surface area contributed by atoms with Gasteiger partial charge in [0.25, 0.3) is 5.91 Å². The highest BCUT2D eigenvalue weighted by Crippen LogP contribution is 2.24. The average molecular weight is 385 g/mol. The van der Waals surface area contributed by atoms with Crippen LogP contribution in [0.15, 0.2) is 48.5 Å². The summed E-state index contributed by atoms with van der Waals surface area (Å²) in [6.07, 6.45) is -0.817. The number of anilines is 1. The van der Waals surface area contributed by atoms with Crippen molar-refractivity contribution in [2.75, 3.05) is 11.9 Å². The predicted octanol–water partition coefficient (Wildman–Crippen LogP) is 4.19. The molecule has 150 valence electrons. The van der Waals surface area contributed by atoms with Gasteiger partial charge in [0.05, 0.1) is 30.6 Å². The van der Waals surface area contributed by atoms with Gasteiger partial charge in [-0.05, 0) is 57.5 Å². The number of carbonyl (C=O) groups excluding carboxylic acids is 2. The molecule has 0 bridgehead atoms. The molecular weight excluding hydrogens is 358 g/mol. The summed E-state index contributed by atoms with van der Waals surface area (Å²) in [5, 5.41) is 2.73. The van der Waals surface area contributed by atoms with Gasteiger partial charge in [0.1, 0.15) is 5.75 Å². The lowest BCUT2D eigenvalue weighted by atomic mass is 10.1. The van der Waals surface area contributed by atoms with E-state index in [1.807, 2.05) is 39.0 Å². The van der Waals surface area contributed by atoms with Crippen molar-refractivity contribution < 1.29 is 23.8 Å². The Labute approximate surface area is 165 Å². The van der Waals surface area contributed by atoms with E-state index in [0.717, 1.165) is 5.56 Å². The fourth-order valence-corrected chi connectivity index (χ4v) is 2.37. The van der Waals surface area contributed by atoms with Crippen LogP contribution in [0, 0.1) is 0 Å². The highest BCUT2D eigenvalue weighted by molar-refractivity contribution is 5.98. The van der Waals surface area contributed by atoms with Crippen molar-refractivity contribution in [2.24, 2.45) is 0 Å². The predicted molar refractivity (Wildman–Crippen MR) is 107 cm³/mol. The highest BCUT2D eigenvalue weighted by atomic mass is 16.5. The van der Waals surface area contributed by atoms with Crippen LogP contribution in [-0.2, 0) is 20.9 Å². The number of hydrogen-bond donors (Lipinski definition) is 1. The Morgan fingerprint density at radius 1 is 1.00 bits per heavy atom. The lowest BCUT2D eigenvalue weighted by Crippen LogP contribution is -2.30. The molecule has 6 nitrogen and oxygen atoms in total. The SMILES string of the molecule is CCOc1ccccc1NC(=O)[C@@H](C)OC(=O)c1ccc(COC(C)C)cc1. The Kier molecular flexibility index (Phi) is 8.02. The zero-order chi connectivity index (χ0) is 20.5. The standard InChI is InChI=1S/C22H27NO5/c1-5-26-20-9-7-6-8-19(20)23-21(24)16(4)28-22(25)18-12-10-17(11-13-18)14-27-15(2)3/h6-13,15-16H,5,14H2,1-4H3,(H,23,24)/t16-/m1/s1. The Balaban J connectivity index is 1.93. The van der Waals surface area contributed by atoms with Gasteiger partial charge in [0.2, 0.25) is 0 Å². The van der Waals surface area contributed by atoms with E-state index in [1.54, 1.807) is 30.3 Å². The maximum atomic E-state index is 12.4. The van der Waals surface area contributed by atoms with Crippen molar-refractivity contribution in [1.82, 2.24) is 0 Å². The van der Waals surface area contributed by atoms with Crippen LogP contribution in [0.5, 0.6) is 5.75 Å². The first-order chi connectivity index (χ1) is 13.4. The van der Waals surface area contributed by atoms with Gasteiger partial charge >= 0.3 is 5.97 Å². The van der Waals surface area contributed by atoms with Gasteiger partial charge < -0.3 is 19.5 Å². The first-order valence-electron chi connectivity index (χ1n) is 9.35. The van der Waals surface area contributed by atoms with Crippen LogP contribution >= 0.6 is 0 Å². The number of carbonyl (C=O) groups is 2. The second-order valence-electron chi connectivity index (χ2n) is 6.52. The van der Waals surface area contributed by atoms with Gasteiger partial charge in [-0.3, -0.25) is 4.79 Å². The first-order valence-corrected chi connectivity index (χ1v) is 9.35. The molecule has 2 aromatic carbocycles. The Bertz CT molecular complexity index is 786. The lowest BCUT2D eigenvalue weighted by Gasteiger charge is -2.16. The van der Waals surface area contributed by atoms with Crippen LogP contribution in [0.25, 0.3) is 0 Å². The number of ether oxygens (including phenoxy) is 3. The van der Waals surface area contributed by atoms with Crippen LogP contribution in [0.4, 0.5) is 5.69 Å². The van der Waals surface area contributed by atoms with E-state index in [9.17, 15) is 9.59 Å². The van der Waals surface area contributed by atoms with Crippen molar-refractivity contribution in [3.05, 3.63) is 59.7 Å². The normalized spacial score (nSPS) is 11.8. The quantitative estimate of drug-likeness (QED) is 0.655. The molecule has 28 heavy (non-hydrogen) atoms. The van der Waals surface area contributed by atoms with E-state index in [2.05, 4.69) is 5.32 Å². The zero-order valence-corrected chi connectivity index (χ0v) is 16.7. The third-order valence-electron chi connectivity index (χ3n) is 3.87. The summed E-state index contributed by atoms with van der Waals surface area (Å²) in [4.78, 5) is 24.7. The summed E-state index contributed by atoms with van der Waals surface area (Å²) in [5.41, 5.74) is 1.87. The fourth-order valence-electron chi connectivity index (χ4n) is 2.37. The number of esters is 1. The van der Waals surface area contributed by atoms with Crippen LogP contribution in [0.2, 0.25) is 0 Å². The van der Waals surface area contributed by atoms with Crippen LogP contribution in [0.3, 0.4) is 0 Å². The number of rotatable bonds is 9. The molecule has 1 N–H and O–H groups in total. The molecule has 0 unspecified atom stereocenters. The van der Waals surface area contributed by atoms with Crippen molar-refractivity contribution in [3.63, 3.8) is 0 Å². The Hall–Kier alpha value is -2.86. The van der Waals surface area contributed by atoms with E-state index in [-0.39, 0.29) is 6.10 Å². The highest BCUT2D eigenvalue weighted by Gasteiger charge is 2.20. The smallest absolute Gasteiger partial charge is 0.338 e. The molecule has 2 rings (SSSR count). The first kappa shape index (κ1) is 21.4. The van der Waals surface area contributed by atoms with Gasteiger partial charge in [-0.2, -0.15) is 0 Å². The van der Waals surface area contributed by atoms with Gasteiger partial charge in [0, 0.05) is 0 Å². The summed E-state index contributed by atoms with van der Waals surface area (Å²) < 4.78 is 16.3. The molecule has 0 aliphatic rings. The van der Waals surface area contributed by atoms with E-state index in [0.29, 0.717) is 30.2 Å². The average Bonchev–Trinajstić information content (AvgIpc) is 2.68. The third kappa shape index (κ3) is 6.39. The van der Waals surface area contributed by atoms with Crippen molar-refractivity contribution >= 4 is 17.6 Å². The summed E-state index contributed by atoms with van der Waals surface area (Å²) in [5.74, 6) is -0.421. The molecule has 2 aromatic rings. The molecule has 0 saturated carbocycles. The molecule has 0 aliphatic carbocycles. The molecule has 0 aromatic heterocycles. The maximum absolute atomic E-state index is 12.4. The topological polar surface area (TPSA) is 73.9 Å². The number of para-hydroxylation sites is 2. The minimum Gasteiger partial charge on any atom is -0.492 e. The fraction of sp³-hybridized carbons (Fsp3) is 0.364. The van der Waals surface area contributed by atoms with E-state index < -0.39 is 18.0 Å². The van der Waals surface area contributed by atoms with E-state index >= 15 is 0 Å². The summed E-state index contributed by atoms with van der Waals surface area (Å²) in [6.45, 7) is 8.28. The van der Waals surface area contributed by atoms with Crippen LogP contribution in [0.1, 0.15) is 43.6 Å². The molecule has 0 saturated heterocycles. The number of nitrogens with one attached hydrogen (secondary N) is 1. The Morgan fingerprint density at radius 2 is 1.68 bits per heavy atom. The summed E-state index contributed by atoms with van der Waals surface area (Å²) in [6, 6.07) is 14.0. The molecule has 1 amide bonds. The van der Waals surface area contributed by atoms with Crippen LogP contribution in [-0.4, -0.2) is 30.7 Å². The van der Waals surface area contributed by atoms with Gasteiger partial charge in [0.15, 0.2) is 6.10 Å². The largest absolute Gasteiger partial charge is 0.492 e. The van der Waals surface area contributed by atoms with Gasteiger partial charge in [-0.25, -0.2) is 4.79 Å². The Morgan fingerprint density at radius 3 is 2.32 bits per heavy atom. The minimum absolute atomic E-state index is 0.136. The third-order valence-corrected chi connectivity index (χ3v) is 3.87. The molecule has 0 spiro atoms. The molecule has 6 heteroatoms. The molecule has 1 atom stereocenters. The monoisotopic (exact) mass is 385 g/mol. The second kappa shape index (κ2) is 10.5. The van der Waals surface area contributed by atoms with E-state index in [4.69, 9.17) is 14.2 Å². The second-order valence-corrected chi connectivity index (χ2v) is 6.52. The molecule has 0 aliphatic heterocycles. The van der Waals surface area contributed by atoms with Crippen molar-refractivity contribution in [3.8, 4) is 5.75 Å². The number of hydrogen-bond acceptors (Lipinski definition) is 5. The summed E-state index contributed by atoms with van der Waals surface area (Å²) in [7, 11) is 0. The van der Waals surface area contributed by atoms with Gasteiger partial charge in [-0.15, -0.1) is 0 Å². The molecule has 0 fully saturated rings. The molecule has 0 radical (unpaired) electrons. The summed E-state index contributed by atoms with van der Waals surface area (Å²) >= 11 is 0. The molecular formula is C22H27NO5.